The van der Waals surface area contributed by atoms with Crippen LogP contribution in [0.1, 0.15) is 18.9 Å². The van der Waals surface area contributed by atoms with E-state index in [9.17, 15) is 9.59 Å². The van der Waals surface area contributed by atoms with Crippen LogP contribution >= 0.6 is 0 Å². The zero-order chi connectivity index (χ0) is 15.5. The van der Waals surface area contributed by atoms with Gasteiger partial charge in [0.15, 0.2) is 0 Å². The van der Waals surface area contributed by atoms with E-state index in [-0.39, 0.29) is 24.3 Å². The minimum Gasteiger partial charge on any atom is -0.492 e. The molecule has 0 bridgehead atoms. The first-order valence-electron chi connectivity index (χ1n) is 7.96. The third-order valence-electron chi connectivity index (χ3n) is 4.46. The number of likely N-dealkylation sites (N-methyl/N-ethyl adjacent to an activating group) is 1. The second-order valence-corrected chi connectivity index (χ2v) is 5.91. The molecule has 0 saturated carbocycles. The molecular weight excluding hydrogens is 280 g/mol. The number of amides is 2. The normalized spacial score (nSPS) is 21.9. The molecule has 0 N–H and O–H groups in total. The summed E-state index contributed by atoms with van der Waals surface area (Å²) in [4.78, 5) is 28.4. The van der Waals surface area contributed by atoms with E-state index in [1.54, 1.807) is 4.90 Å². The molecule has 2 aliphatic heterocycles. The Labute approximate surface area is 130 Å². The second-order valence-electron chi connectivity index (χ2n) is 5.91. The molecule has 118 valence electrons. The molecule has 1 atom stereocenters. The molecule has 1 saturated heterocycles. The number of carbonyl (C=O) groups excluding carboxylic acids is 2. The van der Waals surface area contributed by atoms with Crippen molar-refractivity contribution in [3.05, 3.63) is 29.8 Å². The number of carbonyl (C=O) groups is 2. The largest absolute Gasteiger partial charge is 0.492 e. The number of para-hydroxylation sites is 1. The predicted molar refractivity (Wildman–Crippen MR) is 82.6 cm³/mol. The fraction of sp³-hybridized carbons (Fsp3) is 0.529. The Hall–Kier alpha value is -2.04. The Bertz CT molecular complexity index is 573. The van der Waals surface area contributed by atoms with Crippen LogP contribution in [0.25, 0.3) is 0 Å². The number of hydrogen-bond donors (Lipinski definition) is 0. The lowest BCUT2D eigenvalue weighted by molar-refractivity contribution is -0.142. The maximum absolute atomic E-state index is 12.7. The van der Waals surface area contributed by atoms with Crippen LogP contribution < -0.4 is 4.74 Å². The summed E-state index contributed by atoms with van der Waals surface area (Å²) in [5, 5.41) is 0. The molecule has 1 fully saturated rings. The average Bonchev–Trinajstić information content (AvgIpc) is 2.75. The van der Waals surface area contributed by atoms with Crippen molar-refractivity contribution in [2.75, 3.05) is 32.8 Å². The fourth-order valence-corrected chi connectivity index (χ4v) is 3.19. The van der Waals surface area contributed by atoms with E-state index in [0.29, 0.717) is 26.1 Å². The van der Waals surface area contributed by atoms with Crippen molar-refractivity contribution in [3.63, 3.8) is 0 Å². The number of nitrogens with zero attached hydrogens (tertiary/aromatic N) is 2. The Balaban J connectivity index is 1.68. The first-order chi connectivity index (χ1) is 10.7. The number of ether oxygens (including phenoxy) is 1. The van der Waals surface area contributed by atoms with E-state index in [1.807, 2.05) is 36.1 Å². The van der Waals surface area contributed by atoms with E-state index in [0.717, 1.165) is 24.3 Å². The third kappa shape index (κ3) is 2.93. The van der Waals surface area contributed by atoms with E-state index < -0.39 is 0 Å². The molecule has 1 unspecified atom stereocenters. The van der Waals surface area contributed by atoms with Crippen molar-refractivity contribution >= 4 is 11.8 Å². The Morgan fingerprint density at radius 3 is 2.95 bits per heavy atom. The van der Waals surface area contributed by atoms with Crippen LogP contribution in [0.3, 0.4) is 0 Å². The number of fused-ring (bicyclic) bond motifs is 1. The van der Waals surface area contributed by atoms with E-state index in [4.69, 9.17) is 4.74 Å². The summed E-state index contributed by atoms with van der Waals surface area (Å²) >= 11 is 0. The molecule has 1 aromatic rings. The van der Waals surface area contributed by atoms with Crippen molar-refractivity contribution in [1.29, 1.82) is 0 Å². The number of hydrogen-bond acceptors (Lipinski definition) is 3. The molecular formula is C17H22N2O3. The highest BCUT2D eigenvalue weighted by molar-refractivity contribution is 5.86. The van der Waals surface area contributed by atoms with Crippen LogP contribution in [0.4, 0.5) is 0 Å². The molecule has 0 aromatic heterocycles. The molecule has 0 aliphatic carbocycles. The van der Waals surface area contributed by atoms with Crippen LogP contribution in [0.2, 0.25) is 0 Å². The Kier molecular flexibility index (Phi) is 4.32. The van der Waals surface area contributed by atoms with Crippen LogP contribution in [0.15, 0.2) is 24.3 Å². The fourth-order valence-electron chi connectivity index (χ4n) is 3.19. The lowest BCUT2D eigenvalue weighted by Crippen LogP contribution is -2.44. The Morgan fingerprint density at radius 2 is 2.14 bits per heavy atom. The molecule has 2 aliphatic rings. The van der Waals surface area contributed by atoms with Gasteiger partial charge >= 0.3 is 0 Å². The minimum atomic E-state index is -0.184. The van der Waals surface area contributed by atoms with Crippen molar-refractivity contribution in [2.45, 2.75) is 19.8 Å². The molecule has 2 amide bonds. The van der Waals surface area contributed by atoms with Gasteiger partial charge in [0.05, 0.1) is 12.5 Å². The van der Waals surface area contributed by atoms with Gasteiger partial charge in [0.25, 0.3) is 0 Å². The molecule has 1 aromatic carbocycles. The van der Waals surface area contributed by atoms with Gasteiger partial charge in [-0.1, -0.05) is 18.2 Å². The molecule has 2 heterocycles. The summed E-state index contributed by atoms with van der Waals surface area (Å²) in [7, 11) is 0. The lowest BCUT2D eigenvalue weighted by atomic mass is 9.95. The third-order valence-corrected chi connectivity index (χ3v) is 4.46. The number of rotatable bonds is 2. The van der Waals surface area contributed by atoms with Gasteiger partial charge in [-0.05, 0) is 31.4 Å². The van der Waals surface area contributed by atoms with Crippen LogP contribution in [0, 0.1) is 5.92 Å². The topological polar surface area (TPSA) is 49.9 Å². The molecule has 0 radical (unpaired) electrons. The summed E-state index contributed by atoms with van der Waals surface area (Å²) in [5.41, 5.74) is 1.07. The predicted octanol–water partition coefficient (Wildman–Crippen LogP) is 1.32. The van der Waals surface area contributed by atoms with Gasteiger partial charge in [-0.2, -0.15) is 0 Å². The highest BCUT2D eigenvalue weighted by Gasteiger charge is 2.32. The van der Waals surface area contributed by atoms with Gasteiger partial charge < -0.3 is 14.5 Å². The first-order valence-corrected chi connectivity index (χ1v) is 7.96. The van der Waals surface area contributed by atoms with Gasteiger partial charge in [0.2, 0.25) is 11.8 Å². The summed E-state index contributed by atoms with van der Waals surface area (Å²) in [6.45, 7) is 4.67. The van der Waals surface area contributed by atoms with E-state index >= 15 is 0 Å². The number of benzene rings is 1. The lowest BCUT2D eigenvalue weighted by Gasteiger charge is -2.29. The molecule has 0 spiro atoms. The van der Waals surface area contributed by atoms with Crippen LogP contribution in [-0.4, -0.2) is 54.4 Å². The van der Waals surface area contributed by atoms with Gasteiger partial charge in [-0.3, -0.25) is 9.59 Å². The zero-order valence-corrected chi connectivity index (χ0v) is 13.0. The SMILES string of the molecule is CCN1CCCN(C(=O)C2COc3ccccc3C2)CC1=O. The average molecular weight is 302 g/mol. The van der Waals surface area contributed by atoms with Crippen LogP contribution in [0.5, 0.6) is 5.75 Å². The smallest absolute Gasteiger partial charge is 0.242 e. The quantitative estimate of drug-likeness (QED) is 0.828. The summed E-state index contributed by atoms with van der Waals surface area (Å²) in [5.74, 6) is 0.776. The summed E-state index contributed by atoms with van der Waals surface area (Å²) in [6, 6.07) is 7.84. The Morgan fingerprint density at radius 1 is 1.32 bits per heavy atom. The van der Waals surface area contributed by atoms with Gasteiger partial charge in [-0.25, -0.2) is 0 Å². The minimum absolute atomic E-state index is 0.0424. The maximum atomic E-state index is 12.7. The van der Waals surface area contributed by atoms with Gasteiger partial charge in [0.1, 0.15) is 12.4 Å². The van der Waals surface area contributed by atoms with E-state index in [1.165, 1.54) is 0 Å². The molecule has 3 rings (SSSR count). The molecule has 22 heavy (non-hydrogen) atoms. The van der Waals surface area contributed by atoms with Gasteiger partial charge in [0, 0.05) is 19.6 Å². The van der Waals surface area contributed by atoms with Crippen LogP contribution in [-0.2, 0) is 16.0 Å². The second kappa shape index (κ2) is 6.38. The van der Waals surface area contributed by atoms with Crippen molar-refractivity contribution in [3.8, 4) is 5.75 Å². The first kappa shape index (κ1) is 14.9. The van der Waals surface area contributed by atoms with Crippen molar-refractivity contribution < 1.29 is 14.3 Å². The summed E-state index contributed by atoms with van der Waals surface area (Å²) < 4.78 is 5.71. The molecule has 5 heteroatoms. The monoisotopic (exact) mass is 302 g/mol. The van der Waals surface area contributed by atoms with E-state index in [2.05, 4.69) is 0 Å². The standard InChI is InChI=1S/C17H22N2O3/c1-2-18-8-5-9-19(11-16(18)20)17(21)14-10-13-6-3-4-7-15(13)22-12-14/h3-4,6-7,14H,2,5,8-12H2,1H3. The maximum Gasteiger partial charge on any atom is 0.242 e. The van der Waals surface area contributed by atoms with Crippen molar-refractivity contribution in [1.82, 2.24) is 9.80 Å². The van der Waals surface area contributed by atoms with Crippen molar-refractivity contribution in [2.24, 2.45) is 5.92 Å². The summed E-state index contributed by atoms with van der Waals surface area (Å²) in [6.07, 6.45) is 1.53. The highest BCUT2D eigenvalue weighted by atomic mass is 16.5. The zero-order valence-electron chi connectivity index (χ0n) is 13.0. The highest BCUT2D eigenvalue weighted by Crippen LogP contribution is 2.28. The molecule has 5 nitrogen and oxygen atoms in total. The van der Waals surface area contributed by atoms with Gasteiger partial charge in [-0.15, -0.1) is 0 Å².